The third-order valence-corrected chi connectivity index (χ3v) is 4.21. The minimum absolute atomic E-state index is 0.462. The number of carbonyl (C=O) groups is 1. The van der Waals surface area contributed by atoms with Crippen LogP contribution in [0.4, 0.5) is 11.6 Å². The van der Waals surface area contributed by atoms with Crippen molar-refractivity contribution in [1.29, 1.82) is 0 Å². The summed E-state index contributed by atoms with van der Waals surface area (Å²) >= 11 is 0. The Hall–Kier alpha value is -3.12. The Kier molecular flexibility index (Phi) is 4.81. The van der Waals surface area contributed by atoms with E-state index in [9.17, 15) is 4.79 Å². The van der Waals surface area contributed by atoms with Crippen LogP contribution in [0.3, 0.4) is 0 Å². The van der Waals surface area contributed by atoms with Crippen molar-refractivity contribution < 1.29 is 10.0 Å². The summed E-state index contributed by atoms with van der Waals surface area (Å²) in [6, 6.07) is 17.0. The SMILES string of the molecule is CN(c1ccc(C(C(=O)NO)c2ccccc2)cc1)c1nccn1C. The van der Waals surface area contributed by atoms with Crippen molar-refractivity contribution in [2.24, 2.45) is 7.05 Å². The summed E-state index contributed by atoms with van der Waals surface area (Å²) in [7, 11) is 3.87. The van der Waals surface area contributed by atoms with Gasteiger partial charge in [0.05, 0.1) is 5.92 Å². The van der Waals surface area contributed by atoms with Crippen LogP contribution in [0.15, 0.2) is 67.0 Å². The minimum atomic E-state index is -0.571. The number of aryl methyl sites for hydroxylation is 1. The molecule has 2 aromatic carbocycles. The molecule has 0 saturated carbocycles. The third-order valence-electron chi connectivity index (χ3n) is 4.21. The molecular weight excluding hydrogens is 316 g/mol. The predicted molar refractivity (Wildman–Crippen MR) is 95.9 cm³/mol. The number of hydrogen-bond donors (Lipinski definition) is 2. The number of carbonyl (C=O) groups excluding carboxylic acids is 1. The molecule has 0 saturated heterocycles. The van der Waals surface area contributed by atoms with Gasteiger partial charge in [-0.15, -0.1) is 0 Å². The second kappa shape index (κ2) is 7.19. The number of anilines is 2. The van der Waals surface area contributed by atoms with Gasteiger partial charge in [0, 0.05) is 32.2 Å². The van der Waals surface area contributed by atoms with Gasteiger partial charge in [-0.1, -0.05) is 42.5 Å². The summed E-state index contributed by atoms with van der Waals surface area (Å²) in [5.41, 5.74) is 4.34. The Morgan fingerprint density at radius 1 is 1.12 bits per heavy atom. The average Bonchev–Trinajstić information content (AvgIpc) is 3.08. The van der Waals surface area contributed by atoms with Crippen LogP contribution in [0.5, 0.6) is 0 Å². The second-order valence-electron chi connectivity index (χ2n) is 5.81. The van der Waals surface area contributed by atoms with Gasteiger partial charge in [0.1, 0.15) is 0 Å². The summed E-state index contributed by atoms with van der Waals surface area (Å²) in [5, 5.41) is 9.11. The fourth-order valence-corrected chi connectivity index (χ4v) is 2.89. The van der Waals surface area contributed by atoms with Crippen LogP contribution in [0.25, 0.3) is 0 Å². The predicted octanol–water partition coefficient (Wildman–Crippen LogP) is 2.83. The van der Waals surface area contributed by atoms with Gasteiger partial charge in [-0.2, -0.15) is 0 Å². The first kappa shape index (κ1) is 16.7. The summed E-state index contributed by atoms with van der Waals surface area (Å²) in [6.07, 6.45) is 3.63. The van der Waals surface area contributed by atoms with E-state index in [-0.39, 0.29) is 0 Å². The van der Waals surface area contributed by atoms with E-state index in [1.807, 2.05) is 84.4 Å². The molecule has 3 aromatic rings. The van der Waals surface area contributed by atoms with Crippen LogP contribution >= 0.6 is 0 Å². The lowest BCUT2D eigenvalue weighted by Gasteiger charge is -2.20. The Morgan fingerprint density at radius 2 is 1.76 bits per heavy atom. The largest absolute Gasteiger partial charge is 0.320 e. The Balaban J connectivity index is 1.92. The number of rotatable bonds is 5. The maximum Gasteiger partial charge on any atom is 0.255 e. The van der Waals surface area contributed by atoms with Crippen molar-refractivity contribution in [3.05, 3.63) is 78.1 Å². The molecule has 1 atom stereocenters. The zero-order valence-corrected chi connectivity index (χ0v) is 14.1. The van der Waals surface area contributed by atoms with Gasteiger partial charge in [-0.05, 0) is 23.3 Å². The first-order valence-electron chi connectivity index (χ1n) is 7.91. The summed E-state index contributed by atoms with van der Waals surface area (Å²) in [4.78, 5) is 18.5. The Morgan fingerprint density at radius 3 is 2.32 bits per heavy atom. The molecule has 0 bridgehead atoms. The summed E-state index contributed by atoms with van der Waals surface area (Å²) in [6.45, 7) is 0. The molecule has 1 amide bonds. The zero-order valence-electron chi connectivity index (χ0n) is 14.1. The van der Waals surface area contributed by atoms with E-state index in [2.05, 4.69) is 4.98 Å². The van der Waals surface area contributed by atoms with Gasteiger partial charge < -0.3 is 9.47 Å². The molecule has 0 aliphatic heterocycles. The molecule has 0 fully saturated rings. The van der Waals surface area contributed by atoms with E-state index in [0.717, 1.165) is 22.8 Å². The second-order valence-corrected chi connectivity index (χ2v) is 5.81. The summed E-state index contributed by atoms with van der Waals surface area (Å²) in [5.74, 6) is -0.212. The molecule has 1 unspecified atom stereocenters. The first-order chi connectivity index (χ1) is 12.1. The Labute approximate surface area is 146 Å². The highest BCUT2D eigenvalue weighted by molar-refractivity contribution is 5.86. The fourth-order valence-electron chi connectivity index (χ4n) is 2.89. The highest BCUT2D eigenvalue weighted by atomic mass is 16.5. The smallest absolute Gasteiger partial charge is 0.255 e. The number of benzene rings is 2. The standard InChI is InChI=1S/C19H20N4O2/c1-22-13-12-20-19(22)23(2)16-10-8-15(9-11-16)17(18(24)21-25)14-6-4-3-5-7-14/h3-13,17,25H,1-2H3,(H,21,24). The molecule has 1 aromatic heterocycles. The van der Waals surface area contributed by atoms with E-state index in [1.54, 1.807) is 11.7 Å². The quantitative estimate of drug-likeness (QED) is 0.555. The molecule has 25 heavy (non-hydrogen) atoms. The molecule has 1 heterocycles. The van der Waals surface area contributed by atoms with Crippen LogP contribution in [0.1, 0.15) is 17.0 Å². The number of aromatic nitrogens is 2. The van der Waals surface area contributed by atoms with E-state index >= 15 is 0 Å². The number of hydrogen-bond acceptors (Lipinski definition) is 4. The van der Waals surface area contributed by atoms with Crippen LogP contribution < -0.4 is 10.4 Å². The van der Waals surface area contributed by atoms with Gasteiger partial charge in [0.15, 0.2) is 0 Å². The molecule has 2 N–H and O–H groups in total. The van der Waals surface area contributed by atoms with E-state index in [1.165, 1.54) is 0 Å². The van der Waals surface area contributed by atoms with Gasteiger partial charge in [-0.25, -0.2) is 10.5 Å². The molecular formula is C19H20N4O2. The van der Waals surface area contributed by atoms with Crippen LogP contribution in [-0.2, 0) is 11.8 Å². The summed E-state index contributed by atoms with van der Waals surface area (Å²) < 4.78 is 1.93. The fraction of sp³-hybridized carbons (Fsp3) is 0.158. The normalized spacial score (nSPS) is 11.8. The van der Waals surface area contributed by atoms with Crippen molar-refractivity contribution in [2.45, 2.75) is 5.92 Å². The van der Waals surface area contributed by atoms with Gasteiger partial charge in [-0.3, -0.25) is 10.0 Å². The van der Waals surface area contributed by atoms with Crippen LogP contribution in [0.2, 0.25) is 0 Å². The Bertz CT molecular complexity index is 843. The lowest BCUT2D eigenvalue weighted by atomic mass is 9.90. The molecule has 0 aliphatic carbocycles. The average molecular weight is 336 g/mol. The van der Waals surface area contributed by atoms with Crippen molar-refractivity contribution >= 4 is 17.5 Å². The highest BCUT2D eigenvalue weighted by Gasteiger charge is 2.22. The van der Waals surface area contributed by atoms with Gasteiger partial charge >= 0.3 is 0 Å². The van der Waals surface area contributed by atoms with E-state index in [4.69, 9.17) is 5.21 Å². The molecule has 6 heteroatoms. The highest BCUT2D eigenvalue weighted by Crippen LogP contribution is 2.28. The van der Waals surface area contributed by atoms with Crippen LogP contribution in [-0.4, -0.2) is 27.7 Å². The maximum atomic E-state index is 12.2. The topological polar surface area (TPSA) is 70.4 Å². The van der Waals surface area contributed by atoms with Crippen LogP contribution in [0, 0.1) is 0 Å². The number of imidazole rings is 1. The lowest BCUT2D eigenvalue weighted by molar-refractivity contribution is -0.129. The number of nitrogens with one attached hydrogen (secondary N) is 1. The molecule has 3 rings (SSSR count). The van der Waals surface area contributed by atoms with Crippen molar-refractivity contribution in [3.8, 4) is 0 Å². The molecule has 0 aliphatic rings. The molecule has 6 nitrogen and oxygen atoms in total. The third kappa shape index (κ3) is 3.39. The molecule has 0 radical (unpaired) electrons. The van der Waals surface area contributed by atoms with Crippen molar-refractivity contribution in [3.63, 3.8) is 0 Å². The monoisotopic (exact) mass is 336 g/mol. The zero-order chi connectivity index (χ0) is 17.8. The van der Waals surface area contributed by atoms with Crippen molar-refractivity contribution in [1.82, 2.24) is 15.0 Å². The molecule has 128 valence electrons. The maximum absolute atomic E-state index is 12.2. The van der Waals surface area contributed by atoms with E-state index in [0.29, 0.717) is 0 Å². The van der Waals surface area contributed by atoms with Crippen molar-refractivity contribution in [2.75, 3.05) is 11.9 Å². The van der Waals surface area contributed by atoms with E-state index < -0.39 is 11.8 Å². The minimum Gasteiger partial charge on any atom is -0.320 e. The lowest BCUT2D eigenvalue weighted by Crippen LogP contribution is -2.27. The number of hydroxylamine groups is 1. The number of amides is 1. The molecule has 0 spiro atoms. The number of nitrogens with zero attached hydrogens (tertiary/aromatic N) is 3. The van der Waals surface area contributed by atoms with Gasteiger partial charge in [0.2, 0.25) is 5.95 Å². The van der Waals surface area contributed by atoms with Gasteiger partial charge in [0.25, 0.3) is 5.91 Å². The first-order valence-corrected chi connectivity index (χ1v) is 7.91.